The summed E-state index contributed by atoms with van der Waals surface area (Å²) in [4.78, 5) is 22.8. The van der Waals surface area contributed by atoms with Gasteiger partial charge in [0.05, 0.1) is 18.4 Å². The molecule has 0 unspecified atom stereocenters. The van der Waals surface area contributed by atoms with Crippen LogP contribution < -0.4 is 4.74 Å². The molecule has 3 aromatic rings. The van der Waals surface area contributed by atoms with E-state index in [2.05, 4.69) is 27.2 Å². The number of benzene rings is 2. The summed E-state index contributed by atoms with van der Waals surface area (Å²) < 4.78 is 10.3. The monoisotopic (exact) mass is 452 g/mol. The van der Waals surface area contributed by atoms with E-state index in [1.807, 2.05) is 41.3 Å². The van der Waals surface area contributed by atoms with Crippen LogP contribution in [-0.2, 0) is 12.2 Å². The molecule has 0 saturated carbocycles. The van der Waals surface area contributed by atoms with Crippen molar-refractivity contribution in [2.75, 3.05) is 39.8 Å². The third kappa shape index (κ3) is 5.69. The van der Waals surface area contributed by atoms with Crippen molar-refractivity contribution in [1.82, 2.24) is 19.9 Å². The fourth-order valence-electron chi connectivity index (χ4n) is 3.74. The molecule has 0 spiro atoms. The molecule has 1 aliphatic heterocycles. The molecule has 0 atom stereocenters. The minimum atomic E-state index is 0.0900. The number of methoxy groups -OCH3 is 1. The first kappa shape index (κ1) is 22.4. The molecule has 1 fully saturated rings. The van der Waals surface area contributed by atoms with Crippen molar-refractivity contribution in [1.29, 1.82) is 0 Å². The molecule has 0 aliphatic carbocycles. The maximum atomic E-state index is 13.2. The summed E-state index contributed by atoms with van der Waals surface area (Å²) in [6, 6.07) is 16.0. The Morgan fingerprint density at radius 2 is 1.84 bits per heavy atom. The summed E-state index contributed by atoms with van der Waals surface area (Å²) in [6.45, 7) is 6.02. The zero-order valence-electron chi connectivity index (χ0n) is 18.5. The van der Waals surface area contributed by atoms with Gasteiger partial charge in [0.1, 0.15) is 5.75 Å². The number of piperazine rings is 1. The van der Waals surface area contributed by atoms with Crippen molar-refractivity contribution >= 4 is 17.7 Å². The molecule has 0 bridgehead atoms. The van der Waals surface area contributed by atoms with Crippen LogP contribution in [0.1, 0.15) is 27.6 Å². The van der Waals surface area contributed by atoms with Gasteiger partial charge in [-0.2, -0.15) is 4.98 Å². The SMILES string of the molecule is COc1ccc(CCN2CCN(C(=O)c3ccccc3SCc3noc(C)n3)CC2)cc1. The number of hydrogen-bond acceptors (Lipinski definition) is 7. The minimum Gasteiger partial charge on any atom is -0.497 e. The van der Waals surface area contributed by atoms with E-state index in [1.165, 1.54) is 5.56 Å². The van der Waals surface area contributed by atoms with Gasteiger partial charge < -0.3 is 14.2 Å². The minimum absolute atomic E-state index is 0.0900. The largest absolute Gasteiger partial charge is 0.497 e. The lowest BCUT2D eigenvalue weighted by Gasteiger charge is -2.35. The zero-order valence-corrected chi connectivity index (χ0v) is 19.3. The molecular weight excluding hydrogens is 424 g/mol. The van der Waals surface area contributed by atoms with Gasteiger partial charge in [0.2, 0.25) is 5.89 Å². The van der Waals surface area contributed by atoms with Crippen LogP contribution in [0.2, 0.25) is 0 Å². The number of amides is 1. The number of hydrogen-bond donors (Lipinski definition) is 0. The van der Waals surface area contributed by atoms with Gasteiger partial charge in [-0.05, 0) is 36.2 Å². The summed E-state index contributed by atoms with van der Waals surface area (Å²) in [5.74, 6) is 2.73. The first-order chi connectivity index (χ1) is 15.6. The number of thioether (sulfide) groups is 1. The summed E-state index contributed by atoms with van der Waals surface area (Å²) >= 11 is 1.56. The second-order valence-electron chi connectivity index (χ2n) is 7.75. The molecule has 1 saturated heterocycles. The normalized spacial score (nSPS) is 14.5. The lowest BCUT2D eigenvalue weighted by Crippen LogP contribution is -2.49. The van der Waals surface area contributed by atoms with Crippen molar-refractivity contribution in [3.8, 4) is 5.75 Å². The molecule has 2 heterocycles. The van der Waals surface area contributed by atoms with Crippen molar-refractivity contribution in [2.45, 2.75) is 24.0 Å². The third-order valence-corrected chi connectivity index (χ3v) is 6.65. The first-order valence-corrected chi connectivity index (χ1v) is 11.8. The Kier molecular flexibility index (Phi) is 7.44. The topological polar surface area (TPSA) is 71.7 Å². The predicted octanol–water partition coefficient (Wildman–Crippen LogP) is 3.68. The van der Waals surface area contributed by atoms with Crippen LogP contribution in [0.15, 0.2) is 57.9 Å². The Hall–Kier alpha value is -2.84. The van der Waals surface area contributed by atoms with Gasteiger partial charge in [-0.1, -0.05) is 29.4 Å². The van der Waals surface area contributed by atoms with Crippen LogP contribution in [0.3, 0.4) is 0 Å². The van der Waals surface area contributed by atoms with E-state index >= 15 is 0 Å². The first-order valence-electron chi connectivity index (χ1n) is 10.8. The van der Waals surface area contributed by atoms with Gasteiger partial charge in [0.25, 0.3) is 5.91 Å². The number of carbonyl (C=O) groups is 1. The maximum Gasteiger partial charge on any atom is 0.255 e. The summed E-state index contributed by atoms with van der Waals surface area (Å²) in [7, 11) is 1.68. The van der Waals surface area contributed by atoms with E-state index in [-0.39, 0.29) is 5.91 Å². The summed E-state index contributed by atoms with van der Waals surface area (Å²) in [6.07, 6.45) is 0.993. The van der Waals surface area contributed by atoms with Crippen LogP contribution in [-0.4, -0.2) is 65.7 Å². The highest BCUT2D eigenvalue weighted by Crippen LogP contribution is 2.27. The lowest BCUT2D eigenvalue weighted by atomic mass is 10.1. The Morgan fingerprint density at radius 3 is 2.53 bits per heavy atom. The van der Waals surface area contributed by atoms with E-state index < -0.39 is 0 Å². The van der Waals surface area contributed by atoms with Gasteiger partial charge in [-0.15, -0.1) is 11.8 Å². The number of aromatic nitrogens is 2. The fraction of sp³-hybridized carbons (Fsp3) is 0.375. The molecular formula is C24H28N4O3S. The molecule has 1 aliphatic rings. The third-order valence-electron chi connectivity index (χ3n) is 5.58. The average molecular weight is 453 g/mol. The Morgan fingerprint density at radius 1 is 1.09 bits per heavy atom. The molecule has 4 rings (SSSR count). The second kappa shape index (κ2) is 10.7. The number of nitrogens with zero attached hydrogens (tertiary/aromatic N) is 4. The molecule has 7 nitrogen and oxygen atoms in total. The standard InChI is InChI=1S/C24H28N4O3S/c1-18-25-23(26-31-18)17-32-22-6-4-3-5-21(22)24(29)28-15-13-27(14-16-28)12-11-19-7-9-20(30-2)10-8-19/h3-10H,11-17H2,1-2H3. The van der Waals surface area contributed by atoms with Crippen molar-refractivity contribution in [3.63, 3.8) is 0 Å². The Balaban J connectivity index is 1.29. The Labute approximate surface area is 192 Å². The van der Waals surface area contributed by atoms with E-state index in [9.17, 15) is 4.79 Å². The highest BCUT2D eigenvalue weighted by atomic mass is 32.2. The van der Waals surface area contributed by atoms with Crippen LogP contribution in [0, 0.1) is 6.92 Å². The van der Waals surface area contributed by atoms with Gasteiger partial charge >= 0.3 is 0 Å². The quantitative estimate of drug-likeness (QED) is 0.483. The number of aryl methyl sites for hydroxylation is 1. The van der Waals surface area contributed by atoms with Gasteiger partial charge in [-0.3, -0.25) is 9.69 Å². The van der Waals surface area contributed by atoms with E-state index in [0.29, 0.717) is 17.5 Å². The number of ether oxygens (including phenoxy) is 1. The smallest absolute Gasteiger partial charge is 0.255 e. The van der Waals surface area contributed by atoms with Crippen LogP contribution in [0.25, 0.3) is 0 Å². The van der Waals surface area contributed by atoms with Gasteiger partial charge in [-0.25, -0.2) is 0 Å². The summed E-state index contributed by atoms with van der Waals surface area (Å²) in [5.41, 5.74) is 2.04. The summed E-state index contributed by atoms with van der Waals surface area (Å²) in [5, 5.41) is 3.94. The van der Waals surface area contributed by atoms with E-state index in [0.717, 1.165) is 55.4 Å². The van der Waals surface area contributed by atoms with E-state index in [1.54, 1.807) is 25.8 Å². The number of rotatable bonds is 8. The highest BCUT2D eigenvalue weighted by Gasteiger charge is 2.24. The van der Waals surface area contributed by atoms with Crippen LogP contribution >= 0.6 is 11.8 Å². The van der Waals surface area contributed by atoms with Gasteiger partial charge in [0, 0.05) is 44.5 Å². The van der Waals surface area contributed by atoms with Crippen molar-refractivity contribution < 1.29 is 14.1 Å². The molecule has 0 N–H and O–H groups in total. The lowest BCUT2D eigenvalue weighted by molar-refractivity contribution is 0.0635. The van der Waals surface area contributed by atoms with E-state index in [4.69, 9.17) is 9.26 Å². The Bertz CT molecular complexity index is 1030. The molecule has 1 aromatic heterocycles. The molecule has 168 valence electrons. The molecule has 2 aromatic carbocycles. The zero-order chi connectivity index (χ0) is 22.3. The van der Waals surface area contributed by atoms with Crippen LogP contribution in [0.4, 0.5) is 0 Å². The maximum absolute atomic E-state index is 13.2. The van der Waals surface area contributed by atoms with Crippen molar-refractivity contribution in [2.24, 2.45) is 0 Å². The predicted molar refractivity (Wildman–Crippen MR) is 124 cm³/mol. The molecule has 0 radical (unpaired) electrons. The van der Waals surface area contributed by atoms with Gasteiger partial charge in [0.15, 0.2) is 5.82 Å². The van der Waals surface area contributed by atoms with Crippen molar-refractivity contribution in [3.05, 3.63) is 71.4 Å². The molecule has 1 amide bonds. The average Bonchev–Trinajstić information content (AvgIpc) is 3.27. The second-order valence-corrected chi connectivity index (χ2v) is 8.76. The molecule has 32 heavy (non-hydrogen) atoms. The number of carbonyl (C=O) groups excluding carboxylic acids is 1. The van der Waals surface area contributed by atoms with Crippen LogP contribution in [0.5, 0.6) is 5.75 Å². The highest BCUT2D eigenvalue weighted by molar-refractivity contribution is 7.98. The molecule has 8 heteroatoms. The fourth-order valence-corrected chi connectivity index (χ4v) is 4.62.